The molecule has 122 valence electrons. The fourth-order valence-corrected chi connectivity index (χ4v) is 4.00. The first kappa shape index (κ1) is 16.9. The van der Waals surface area contributed by atoms with Gasteiger partial charge >= 0.3 is 5.97 Å². The Labute approximate surface area is 131 Å². The van der Waals surface area contributed by atoms with Crippen LogP contribution in [-0.4, -0.2) is 50.8 Å². The summed E-state index contributed by atoms with van der Waals surface area (Å²) in [6.07, 6.45) is -0.130. The van der Waals surface area contributed by atoms with E-state index in [9.17, 15) is 13.2 Å². The molecule has 7 heteroatoms. The largest absolute Gasteiger partial charge is 0.466 e. The number of rotatable bonds is 6. The number of nitrogens with zero attached hydrogens (tertiary/aromatic N) is 1. The average Bonchev–Trinajstić information content (AvgIpc) is 2.54. The van der Waals surface area contributed by atoms with Gasteiger partial charge in [0.15, 0.2) is 0 Å². The topological polar surface area (TPSA) is 72.9 Å². The Morgan fingerprint density at radius 3 is 2.77 bits per heavy atom. The minimum Gasteiger partial charge on any atom is -0.466 e. The molecule has 1 unspecified atom stereocenters. The van der Waals surface area contributed by atoms with Gasteiger partial charge in [-0.05, 0) is 12.5 Å². The Hall–Kier alpha value is -1.44. The molecule has 1 saturated heterocycles. The molecule has 0 saturated carbocycles. The summed E-state index contributed by atoms with van der Waals surface area (Å²) in [7, 11) is -3.54. The SMILES string of the molecule is CCOC(=O)CCS(=O)(=O)N1CCOCC1c1ccccc1. The second-order valence-corrected chi connectivity index (χ2v) is 7.02. The summed E-state index contributed by atoms with van der Waals surface area (Å²) in [5.41, 5.74) is 0.891. The lowest BCUT2D eigenvalue weighted by atomic mass is 10.1. The highest BCUT2D eigenvalue weighted by atomic mass is 32.2. The zero-order valence-electron chi connectivity index (χ0n) is 12.6. The van der Waals surface area contributed by atoms with Crippen molar-refractivity contribution in [1.82, 2.24) is 4.31 Å². The Bertz CT molecular complexity index is 587. The highest BCUT2D eigenvalue weighted by Gasteiger charge is 2.34. The third-order valence-corrected chi connectivity index (χ3v) is 5.36. The molecule has 0 bridgehead atoms. The second kappa shape index (κ2) is 7.71. The van der Waals surface area contributed by atoms with Crippen molar-refractivity contribution in [3.05, 3.63) is 35.9 Å². The van der Waals surface area contributed by atoms with Gasteiger partial charge in [0.05, 0.1) is 38.0 Å². The number of esters is 1. The molecule has 0 N–H and O–H groups in total. The van der Waals surface area contributed by atoms with Crippen molar-refractivity contribution < 1.29 is 22.7 Å². The lowest BCUT2D eigenvalue weighted by Gasteiger charge is -2.34. The van der Waals surface area contributed by atoms with Gasteiger partial charge in [0.2, 0.25) is 10.0 Å². The van der Waals surface area contributed by atoms with Gasteiger partial charge < -0.3 is 9.47 Å². The minimum absolute atomic E-state index is 0.130. The first-order valence-electron chi connectivity index (χ1n) is 7.32. The second-order valence-electron chi connectivity index (χ2n) is 4.98. The Kier molecular flexibility index (Phi) is 5.93. The van der Waals surface area contributed by atoms with Crippen molar-refractivity contribution >= 4 is 16.0 Å². The summed E-state index contributed by atoms with van der Waals surface area (Å²) < 4.78 is 36.7. The lowest BCUT2D eigenvalue weighted by molar-refractivity contribution is -0.142. The van der Waals surface area contributed by atoms with E-state index in [2.05, 4.69) is 0 Å². The van der Waals surface area contributed by atoms with Crippen molar-refractivity contribution in [2.24, 2.45) is 0 Å². The van der Waals surface area contributed by atoms with Crippen molar-refractivity contribution in [3.8, 4) is 0 Å². The quantitative estimate of drug-likeness (QED) is 0.737. The predicted octanol–water partition coefficient (Wildman–Crippen LogP) is 1.34. The van der Waals surface area contributed by atoms with Crippen LogP contribution in [0.2, 0.25) is 0 Å². The number of hydrogen-bond donors (Lipinski definition) is 0. The van der Waals surface area contributed by atoms with Crippen molar-refractivity contribution in [3.63, 3.8) is 0 Å². The van der Waals surface area contributed by atoms with E-state index in [1.165, 1.54) is 4.31 Å². The smallest absolute Gasteiger partial charge is 0.306 e. The van der Waals surface area contributed by atoms with Crippen LogP contribution in [0.5, 0.6) is 0 Å². The molecular weight excluding hydrogens is 306 g/mol. The van der Waals surface area contributed by atoms with Gasteiger partial charge in [-0.15, -0.1) is 0 Å². The van der Waals surface area contributed by atoms with E-state index in [0.717, 1.165) is 5.56 Å². The van der Waals surface area contributed by atoms with Crippen molar-refractivity contribution in [1.29, 1.82) is 0 Å². The third-order valence-electron chi connectivity index (χ3n) is 3.49. The van der Waals surface area contributed by atoms with E-state index in [1.807, 2.05) is 30.3 Å². The molecule has 1 fully saturated rings. The van der Waals surface area contributed by atoms with Gasteiger partial charge in [-0.3, -0.25) is 4.79 Å². The summed E-state index contributed by atoms with van der Waals surface area (Å²) in [6.45, 7) is 2.93. The Morgan fingerprint density at radius 1 is 1.36 bits per heavy atom. The average molecular weight is 327 g/mol. The number of ether oxygens (including phenoxy) is 2. The number of benzene rings is 1. The van der Waals surface area contributed by atoms with E-state index in [-0.39, 0.29) is 24.8 Å². The van der Waals surface area contributed by atoms with Crippen LogP contribution in [0.25, 0.3) is 0 Å². The van der Waals surface area contributed by atoms with Crippen LogP contribution >= 0.6 is 0 Å². The summed E-state index contributed by atoms with van der Waals surface area (Å²) in [5.74, 6) is -0.731. The number of sulfonamides is 1. The fourth-order valence-electron chi connectivity index (χ4n) is 2.42. The first-order valence-corrected chi connectivity index (χ1v) is 8.93. The molecule has 0 aromatic heterocycles. The van der Waals surface area contributed by atoms with E-state index in [4.69, 9.17) is 9.47 Å². The van der Waals surface area contributed by atoms with Crippen molar-refractivity contribution in [2.75, 3.05) is 32.1 Å². The number of hydrogen-bond acceptors (Lipinski definition) is 5. The van der Waals surface area contributed by atoms with E-state index >= 15 is 0 Å². The van der Waals surface area contributed by atoms with Crippen LogP contribution in [0.1, 0.15) is 24.9 Å². The summed E-state index contributed by atoms with van der Waals surface area (Å²) in [5, 5.41) is 0. The van der Waals surface area contributed by atoms with E-state index in [1.54, 1.807) is 6.92 Å². The third kappa shape index (κ3) is 4.28. The van der Waals surface area contributed by atoms with Gasteiger partial charge in [-0.1, -0.05) is 30.3 Å². The van der Waals surface area contributed by atoms with Crippen LogP contribution in [-0.2, 0) is 24.3 Å². The summed E-state index contributed by atoms with van der Waals surface area (Å²) in [4.78, 5) is 11.4. The van der Waals surface area contributed by atoms with E-state index < -0.39 is 16.0 Å². The fraction of sp³-hybridized carbons (Fsp3) is 0.533. The monoisotopic (exact) mass is 327 g/mol. The maximum atomic E-state index is 12.5. The summed E-state index contributed by atoms with van der Waals surface area (Å²) >= 11 is 0. The molecule has 0 aliphatic carbocycles. The molecule has 1 atom stereocenters. The number of morpholine rings is 1. The molecule has 0 radical (unpaired) electrons. The molecule has 1 heterocycles. The molecule has 22 heavy (non-hydrogen) atoms. The van der Waals surface area contributed by atoms with Gasteiger partial charge in [0.25, 0.3) is 0 Å². The molecule has 1 aliphatic heterocycles. The van der Waals surface area contributed by atoms with Gasteiger partial charge in [-0.25, -0.2) is 8.42 Å². The first-order chi connectivity index (χ1) is 10.5. The molecule has 1 aliphatic rings. The lowest BCUT2D eigenvalue weighted by Crippen LogP contribution is -2.44. The minimum atomic E-state index is -3.54. The molecule has 6 nitrogen and oxygen atoms in total. The molecule has 0 amide bonds. The molecule has 1 aromatic carbocycles. The van der Waals surface area contributed by atoms with Gasteiger partial charge in [0.1, 0.15) is 0 Å². The van der Waals surface area contributed by atoms with Crippen LogP contribution in [0.3, 0.4) is 0 Å². The van der Waals surface area contributed by atoms with E-state index in [0.29, 0.717) is 19.8 Å². The van der Waals surface area contributed by atoms with Gasteiger partial charge in [-0.2, -0.15) is 4.31 Å². The standard InChI is InChI=1S/C15H21NO5S/c1-2-21-15(17)8-11-22(18,19)16-9-10-20-12-14(16)13-6-4-3-5-7-13/h3-7,14H,2,8-12H2,1H3. The molecule has 2 rings (SSSR count). The van der Waals surface area contributed by atoms with Crippen LogP contribution in [0.4, 0.5) is 0 Å². The maximum absolute atomic E-state index is 12.5. The summed E-state index contributed by atoms with van der Waals surface area (Å²) in [6, 6.07) is 9.04. The Morgan fingerprint density at radius 2 is 2.09 bits per heavy atom. The normalized spacial score (nSPS) is 19.8. The van der Waals surface area contributed by atoms with Gasteiger partial charge in [0, 0.05) is 6.54 Å². The number of carbonyl (C=O) groups is 1. The van der Waals surface area contributed by atoms with Crippen LogP contribution in [0, 0.1) is 0 Å². The van der Waals surface area contributed by atoms with Crippen LogP contribution < -0.4 is 0 Å². The zero-order valence-corrected chi connectivity index (χ0v) is 13.4. The van der Waals surface area contributed by atoms with Crippen molar-refractivity contribution in [2.45, 2.75) is 19.4 Å². The molecule has 0 spiro atoms. The van der Waals surface area contributed by atoms with Crippen LogP contribution in [0.15, 0.2) is 30.3 Å². The highest BCUT2D eigenvalue weighted by Crippen LogP contribution is 2.27. The highest BCUT2D eigenvalue weighted by molar-refractivity contribution is 7.89. The Balaban J connectivity index is 2.11. The predicted molar refractivity (Wildman–Crippen MR) is 81.7 cm³/mol. The molecule has 1 aromatic rings. The molecular formula is C15H21NO5S. The maximum Gasteiger partial charge on any atom is 0.306 e. The zero-order chi connectivity index (χ0) is 16.0. The number of carbonyl (C=O) groups excluding carboxylic acids is 1.